The Balaban J connectivity index is 1.84. The number of amides is 2. The normalized spacial score (nSPS) is 23.7. The third-order valence-corrected chi connectivity index (χ3v) is 5.19. The van der Waals surface area contributed by atoms with Crippen molar-refractivity contribution in [2.75, 3.05) is 39.0 Å². The van der Waals surface area contributed by atoms with Crippen molar-refractivity contribution in [2.24, 2.45) is 5.92 Å². The molecule has 0 radical (unpaired) electrons. The van der Waals surface area contributed by atoms with Crippen LogP contribution >= 0.6 is 0 Å². The molecule has 0 unspecified atom stereocenters. The summed E-state index contributed by atoms with van der Waals surface area (Å²) in [6.45, 7) is 2.44. The van der Waals surface area contributed by atoms with Crippen LogP contribution in [0, 0.1) is 5.92 Å². The molecule has 2 heterocycles. The van der Waals surface area contributed by atoms with E-state index in [2.05, 4.69) is 4.72 Å². The summed E-state index contributed by atoms with van der Waals surface area (Å²) >= 11 is 0. The van der Waals surface area contributed by atoms with E-state index in [0.29, 0.717) is 32.6 Å². The van der Waals surface area contributed by atoms with E-state index >= 15 is 0 Å². The summed E-state index contributed by atoms with van der Waals surface area (Å²) in [7, 11) is -3.20. The van der Waals surface area contributed by atoms with Gasteiger partial charge in [-0.05, 0) is 31.6 Å². The van der Waals surface area contributed by atoms with Crippen LogP contribution in [0.3, 0.4) is 0 Å². The quantitative estimate of drug-likeness (QED) is 0.770. The molecule has 0 aromatic carbocycles. The highest BCUT2D eigenvalue weighted by Gasteiger charge is 2.27. The van der Waals surface area contributed by atoms with E-state index < -0.39 is 10.0 Å². The van der Waals surface area contributed by atoms with Gasteiger partial charge >= 0.3 is 0 Å². The van der Waals surface area contributed by atoms with Gasteiger partial charge in [-0.3, -0.25) is 9.59 Å². The molecule has 0 aromatic heterocycles. The van der Waals surface area contributed by atoms with E-state index in [9.17, 15) is 18.0 Å². The summed E-state index contributed by atoms with van der Waals surface area (Å²) in [6, 6.07) is 0. The van der Waals surface area contributed by atoms with Crippen LogP contribution in [-0.4, -0.2) is 69.0 Å². The van der Waals surface area contributed by atoms with Crippen molar-refractivity contribution < 1.29 is 18.0 Å². The van der Waals surface area contributed by atoms with E-state index in [1.807, 2.05) is 0 Å². The highest BCUT2D eigenvalue weighted by molar-refractivity contribution is 7.88. The second kappa shape index (κ2) is 8.10. The van der Waals surface area contributed by atoms with Crippen molar-refractivity contribution in [1.82, 2.24) is 14.5 Å². The molecule has 2 amide bonds. The maximum Gasteiger partial charge on any atom is 0.242 e. The van der Waals surface area contributed by atoms with Crippen molar-refractivity contribution in [3.05, 3.63) is 0 Å². The van der Waals surface area contributed by atoms with Crippen molar-refractivity contribution >= 4 is 21.8 Å². The molecular formula is C15H27N3O4S. The molecule has 1 atom stereocenters. The largest absolute Gasteiger partial charge is 0.341 e. The van der Waals surface area contributed by atoms with Crippen LogP contribution in [0.1, 0.15) is 38.5 Å². The van der Waals surface area contributed by atoms with Crippen molar-refractivity contribution in [1.29, 1.82) is 0 Å². The number of likely N-dealkylation sites (tertiary alicyclic amines) is 2. The minimum absolute atomic E-state index is 0.0238. The molecule has 0 aliphatic carbocycles. The van der Waals surface area contributed by atoms with Crippen LogP contribution in [-0.2, 0) is 19.6 Å². The minimum Gasteiger partial charge on any atom is -0.341 e. The Kier molecular flexibility index (Phi) is 6.41. The van der Waals surface area contributed by atoms with E-state index in [0.717, 1.165) is 38.4 Å². The molecule has 7 nitrogen and oxygen atoms in total. The smallest absolute Gasteiger partial charge is 0.242 e. The van der Waals surface area contributed by atoms with Gasteiger partial charge in [0.25, 0.3) is 0 Å². The Bertz CT molecular complexity index is 535. The third-order valence-electron chi connectivity index (χ3n) is 4.50. The monoisotopic (exact) mass is 345 g/mol. The van der Waals surface area contributed by atoms with Crippen LogP contribution in [0.5, 0.6) is 0 Å². The van der Waals surface area contributed by atoms with Gasteiger partial charge in [0.1, 0.15) is 0 Å². The topological polar surface area (TPSA) is 86.8 Å². The summed E-state index contributed by atoms with van der Waals surface area (Å²) in [5.74, 6) is 0.190. The minimum atomic E-state index is -3.20. The second-order valence-electron chi connectivity index (χ2n) is 6.59. The first-order valence-corrected chi connectivity index (χ1v) is 10.2. The maximum atomic E-state index is 12.5. The second-order valence-corrected chi connectivity index (χ2v) is 8.43. The lowest BCUT2D eigenvalue weighted by Crippen LogP contribution is -2.48. The molecule has 0 aromatic rings. The third kappa shape index (κ3) is 6.10. The predicted molar refractivity (Wildman–Crippen MR) is 87.2 cm³/mol. The molecular weight excluding hydrogens is 318 g/mol. The van der Waals surface area contributed by atoms with Gasteiger partial charge in [-0.1, -0.05) is 6.42 Å². The zero-order valence-electron chi connectivity index (χ0n) is 13.8. The summed E-state index contributed by atoms with van der Waals surface area (Å²) in [5.41, 5.74) is 0. The molecule has 2 saturated heterocycles. The van der Waals surface area contributed by atoms with Crippen LogP contribution in [0.25, 0.3) is 0 Å². The number of sulfonamides is 1. The van der Waals surface area contributed by atoms with Gasteiger partial charge in [0.2, 0.25) is 21.8 Å². The number of hydrogen-bond acceptors (Lipinski definition) is 4. The number of piperidine rings is 1. The van der Waals surface area contributed by atoms with Gasteiger partial charge in [-0.15, -0.1) is 0 Å². The lowest BCUT2D eigenvalue weighted by Gasteiger charge is -2.34. The average molecular weight is 345 g/mol. The van der Waals surface area contributed by atoms with Crippen LogP contribution in [0.2, 0.25) is 0 Å². The summed E-state index contributed by atoms with van der Waals surface area (Å²) in [5, 5.41) is 0. The first kappa shape index (κ1) is 18.2. The maximum absolute atomic E-state index is 12.5. The molecule has 0 bridgehead atoms. The number of hydrogen-bond donors (Lipinski definition) is 1. The fourth-order valence-electron chi connectivity index (χ4n) is 3.20. The first-order valence-electron chi connectivity index (χ1n) is 8.35. The molecule has 2 rings (SSSR count). The van der Waals surface area contributed by atoms with Crippen LogP contribution in [0.4, 0.5) is 0 Å². The number of nitrogens with zero attached hydrogens (tertiary/aromatic N) is 2. The molecule has 23 heavy (non-hydrogen) atoms. The van der Waals surface area contributed by atoms with Crippen LogP contribution in [0.15, 0.2) is 0 Å². The summed E-state index contributed by atoms with van der Waals surface area (Å²) in [6.07, 6.45) is 6.37. The Hall–Kier alpha value is -1.15. The van der Waals surface area contributed by atoms with Crippen molar-refractivity contribution in [2.45, 2.75) is 38.5 Å². The lowest BCUT2D eigenvalue weighted by molar-refractivity contribution is -0.141. The van der Waals surface area contributed by atoms with Gasteiger partial charge < -0.3 is 9.80 Å². The molecule has 8 heteroatoms. The number of carbonyl (C=O) groups is 2. The van der Waals surface area contributed by atoms with Gasteiger partial charge in [-0.25, -0.2) is 13.1 Å². The standard InChI is InChI=1S/C15H27N3O4S/c1-23(21,22)16-10-13-6-5-9-17(11-13)15(20)12-18-8-4-2-3-7-14(18)19/h13,16H,2-12H2,1H3/t13-/m0/s1. The zero-order chi connectivity index (χ0) is 16.9. The fourth-order valence-corrected chi connectivity index (χ4v) is 3.73. The van der Waals surface area contributed by atoms with Gasteiger partial charge in [-0.2, -0.15) is 0 Å². The number of rotatable bonds is 5. The SMILES string of the molecule is CS(=O)(=O)NC[C@@H]1CCCN(C(=O)CN2CCCCCC2=O)C1. The van der Waals surface area contributed by atoms with Crippen molar-refractivity contribution in [3.63, 3.8) is 0 Å². The lowest BCUT2D eigenvalue weighted by atomic mass is 9.98. The molecule has 2 fully saturated rings. The molecule has 0 spiro atoms. The van der Waals surface area contributed by atoms with E-state index in [4.69, 9.17) is 0 Å². The van der Waals surface area contributed by atoms with Gasteiger partial charge in [0.05, 0.1) is 12.8 Å². The Morgan fingerprint density at radius 1 is 1.22 bits per heavy atom. The Labute approximate surface area is 138 Å². The fraction of sp³-hybridized carbons (Fsp3) is 0.867. The van der Waals surface area contributed by atoms with E-state index in [-0.39, 0.29) is 24.3 Å². The first-order chi connectivity index (χ1) is 10.8. The van der Waals surface area contributed by atoms with E-state index in [1.54, 1.807) is 9.80 Å². The Morgan fingerprint density at radius 2 is 2.00 bits per heavy atom. The van der Waals surface area contributed by atoms with E-state index in [1.165, 1.54) is 0 Å². The average Bonchev–Trinajstić information content (AvgIpc) is 2.70. The highest BCUT2D eigenvalue weighted by Crippen LogP contribution is 2.17. The van der Waals surface area contributed by atoms with Gasteiger partial charge in [0, 0.05) is 32.6 Å². The van der Waals surface area contributed by atoms with Crippen LogP contribution < -0.4 is 4.72 Å². The number of nitrogens with one attached hydrogen (secondary N) is 1. The van der Waals surface area contributed by atoms with Crippen molar-refractivity contribution in [3.8, 4) is 0 Å². The number of carbonyl (C=O) groups excluding carboxylic acids is 2. The molecule has 132 valence electrons. The highest BCUT2D eigenvalue weighted by atomic mass is 32.2. The molecule has 1 N–H and O–H groups in total. The zero-order valence-corrected chi connectivity index (χ0v) is 14.6. The molecule has 0 saturated carbocycles. The Morgan fingerprint density at radius 3 is 2.74 bits per heavy atom. The molecule has 2 aliphatic heterocycles. The van der Waals surface area contributed by atoms with Gasteiger partial charge in [0.15, 0.2) is 0 Å². The summed E-state index contributed by atoms with van der Waals surface area (Å²) < 4.78 is 24.9. The predicted octanol–water partition coefficient (Wildman–Crippen LogP) is 0.177. The summed E-state index contributed by atoms with van der Waals surface area (Å²) in [4.78, 5) is 27.9. The molecule has 2 aliphatic rings.